The highest BCUT2D eigenvalue weighted by Gasteiger charge is 2.22. The van der Waals surface area contributed by atoms with Gasteiger partial charge in [0, 0.05) is 15.1 Å². The standard InChI is InChI=1S/C9H9BrOS/c10-8-3-1-2-4-9(8)12-6-7-5-11-7/h1-4,7H,5-6H2. The Kier molecular flexibility index (Phi) is 2.73. The molecule has 12 heavy (non-hydrogen) atoms. The highest BCUT2D eigenvalue weighted by molar-refractivity contribution is 9.10. The predicted molar refractivity (Wildman–Crippen MR) is 54.6 cm³/mol. The van der Waals surface area contributed by atoms with E-state index in [4.69, 9.17) is 4.74 Å². The number of epoxide rings is 1. The second-order valence-electron chi connectivity index (χ2n) is 2.70. The molecule has 1 saturated heterocycles. The van der Waals surface area contributed by atoms with Crippen LogP contribution < -0.4 is 0 Å². The molecule has 0 radical (unpaired) electrons. The third-order valence-corrected chi connectivity index (χ3v) is 3.82. The lowest BCUT2D eigenvalue weighted by atomic mass is 10.4. The van der Waals surface area contributed by atoms with Crippen molar-refractivity contribution in [3.8, 4) is 0 Å². The lowest BCUT2D eigenvalue weighted by Crippen LogP contribution is -1.88. The fourth-order valence-corrected chi connectivity index (χ4v) is 2.48. The minimum absolute atomic E-state index is 0.502. The molecule has 0 saturated carbocycles. The van der Waals surface area contributed by atoms with E-state index in [2.05, 4.69) is 34.1 Å². The van der Waals surface area contributed by atoms with E-state index in [1.807, 2.05) is 17.8 Å². The van der Waals surface area contributed by atoms with Gasteiger partial charge in [0.2, 0.25) is 0 Å². The fraction of sp³-hybridized carbons (Fsp3) is 0.333. The molecule has 1 atom stereocenters. The van der Waals surface area contributed by atoms with Gasteiger partial charge in [0.25, 0.3) is 0 Å². The summed E-state index contributed by atoms with van der Waals surface area (Å²) >= 11 is 5.35. The van der Waals surface area contributed by atoms with Crippen molar-refractivity contribution >= 4 is 27.7 Å². The van der Waals surface area contributed by atoms with Crippen LogP contribution in [0.1, 0.15) is 0 Å². The molecule has 1 nitrogen and oxygen atoms in total. The van der Waals surface area contributed by atoms with Gasteiger partial charge in [-0.05, 0) is 28.1 Å². The summed E-state index contributed by atoms with van der Waals surface area (Å²) < 4.78 is 6.31. The van der Waals surface area contributed by atoms with Gasteiger partial charge in [0.1, 0.15) is 0 Å². The molecule has 2 rings (SSSR count). The zero-order valence-corrected chi connectivity index (χ0v) is 8.90. The predicted octanol–water partition coefficient (Wildman–Crippen LogP) is 2.94. The molecule has 1 aromatic rings. The van der Waals surface area contributed by atoms with Gasteiger partial charge in [0.15, 0.2) is 0 Å². The molecule has 1 aliphatic rings. The highest BCUT2D eigenvalue weighted by Crippen LogP contribution is 2.29. The molecule has 3 heteroatoms. The monoisotopic (exact) mass is 244 g/mol. The van der Waals surface area contributed by atoms with E-state index in [0.29, 0.717) is 6.10 Å². The normalized spacial score (nSPS) is 20.9. The number of rotatable bonds is 3. The lowest BCUT2D eigenvalue weighted by Gasteiger charge is -2.00. The third kappa shape index (κ3) is 2.25. The maximum absolute atomic E-state index is 5.13. The Hall–Kier alpha value is 0.01000. The average molecular weight is 245 g/mol. The van der Waals surface area contributed by atoms with Gasteiger partial charge in [-0.3, -0.25) is 0 Å². The number of ether oxygens (including phenoxy) is 1. The van der Waals surface area contributed by atoms with Crippen LogP contribution >= 0.6 is 27.7 Å². The van der Waals surface area contributed by atoms with E-state index in [1.54, 1.807) is 0 Å². The number of benzene rings is 1. The first kappa shape index (κ1) is 8.60. The zero-order valence-electron chi connectivity index (χ0n) is 6.50. The molecule has 0 aliphatic carbocycles. The molecule has 1 unspecified atom stereocenters. The van der Waals surface area contributed by atoms with Crippen LogP contribution in [0.4, 0.5) is 0 Å². The molecular weight excluding hydrogens is 236 g/mol. The van der Waals surface area contributed by atoms with Crippen molar-refractivity contribution in [1.29, 1.82) is 0 Å². The Labute approximate surface area is 84.6 Å². The summed E-state index contributed by atoms with van der Waals surface area (Å²) in [4.78, 5) is 1.30. The number of halogens is 1. The summed E-state index contributed by atoms with van der Waals surface area (Å²) in [5.74, 6) is 1.07. The van der Waals surface area contributed by atoms with Gasteiger partial charge in [0.05, 0.1) is 12.7 Å². The van der Waals surface area contributed by atoms with Crippen LogP contribution in [0.25, 0.3) is 0 Å². The van der Waals surface area contributed by atoms with E-state index >= 15 is 0 Å². The minimum Gasteiger partial charge on any atom is -0.372 e. The van der Waals surface area contributed by atoms with Crippen molar-refractivity contribution in [1.82, 2.24) is 0 Å². The summed E-state index contributed by atoms with van der Waals surface area (Å²) in [5, 5.41) is 0. The Morgan fingerprint density at radius 3 is 2.92 bits per heavy atom. The second-order valence-corrected chi connectivity index (χ2v) is 4.61. The number of thioether (sulfide) groups is 1. The summed E-state index contributed by atoms with van der Waals surface area (Å²) in [7, 11) is 0. The van der Waals surface area contributed by atoms with Gasteiger partial charge in [-0.15, -0.1) is 11.8 Å². The van der Waals surface area contributed by atoms with Crippen LogP contribution in [0, 0.1) is 0 Å². The van der Waals surface area contributed by atoms with E-state index < -0.39 is 0 Å². The topological polar surface area (TPSA) is 12.5 Å². The average Bonchev–Trinajstić information content (AvgIpc) is 2.86. The SMILES string of the molecule is Brc1ccccc1SCC1CO1. The summed E-state index contributed by atoms with van der Waals surface area (Å²) in [5.41, 5.74) is 0. The number of hydrogen-bond donors (Lipinski definition) is 0. The van der Waals surface area contributed by atoms with Crippen molar-refractivity contribution in [3.05, 3.63) is 28.7 Å². The molecule has 0 bridgehead atoms. The Morgan fingerprint density at radius 2 is 2.25 bits per heavy atom. The van der Waals surface area contributed by atoms with Crippen molar-refractivity contribution in [2.75, 3.05) is 12.4 Å². The fourth-order valence-electron chi connectivity index (χ4n) is 0.909. The molecule has 1 heterocycles. The molecular formula is C9H9BrOS. The Bertz CT molecular complexity index is 273. The molecule has 1 aromatic carbocycles. The van der Waals surface area contributed by atoms with E-state index in [9.17, 15) is 0 Å². The second kappa shape index (κ2) is 3.81. The first-order valence-electron chi connectivity index (χ1n) is 3.85. The van der Waals surface area contributed by atoms with Gasteiger partial charge >= 0.3 is 0 Å². The van der Waals surface area contributed by atoms with Crippen molar-refractivity contribution in [2.45, 2.75) is 11.0 Å². The molecule has 1 fully saturated rings. The van der Waals surface area contributed by atoms with E-state index in [-0.39, 0.29) is 0 Å². The first-order chi connectivity index (χ1) is 5.86. The van der Waals surface area contributed by atoms with Crippen molar-refractivity contribution < 1.29 is 4.74 Å². The molecule has 0 aromatic heterocycles. The van der Waals surface area contributed by atoms with Crippen LogP contribution in [0.3, 0.4) is 0 Å². The molecule has 0 amide bonds. The highest BCUT2D eigenvalue weighted by atomic mass is 79.9. The summed E-state index contributed by atoms with van der Waals surface area (Å²) in [6.45, 7) is 0.942. The van der Waals surface area contributed by atoms with Crippen molar-refractivity contribution in [2.24, 2.45) is 0 Å². The Balaban J connectivity index is 1.96. The van der Waals surface area contributed by atoms with Crippen LogP contribution in [0.2, 0.25) is 0 Å². The third-order valence-electron chi connectivity index (χ3n) is 1.66. The minimum atomic E-state index is 0.502. The maximum Gasteiger partial charge on any atom is 0.0903 e. The van der Waals surface area contributed by atoms with Gasteiger partial charge in [-0.1, -0.05) is 12.1 Å². The summed E-state index contributed by atoms with van der Waals surface area (Å²) in [6.07, 6.45) is 0.502. The lowest BCUT2D eigenvalue weighted by molar-refractivity contribution is 0.426. The maximum atomic E-state index is 5.13. The number of hydrogen-bond acceptors (Lipinski definition) is 2. The van der Waals surface area contributed by atoms with Crippen molar-refractivity contribution in [3.63, 3.8) is 0 Å². The van der Waals surface area contributed by atoms with Gasteiger partial charge in [-0.25, -0.2) is 0 Å². The van der Waals surface area contributed by atoms with Crippen LogP contribution in [-0.2, 0) is 4.74 Å². The molecule has 0 spiro atoms. The van der Waals surface area contributed by atoms with E-state index in [0.717, 1.165) is 12.4 Å². The molecule has 1 aliphatic heterocycles. The van der Waals surface area contributed by atoms with Gasteiger partial charge < -0.3 is 4.74 Å². The Morgan fingerprint density at radius 1 is 1.50 bits per heavy atom. The molecule has 0 N–H and O–H groups in total. The first-order valence-corrected chi connectivity index (χ1v) is 5.63. The van der Waals surface area contributed by atoms with Crippen LogP contribution in [0.5, 0.6) is 0 Å². The zero-order chi connectivity index (χ0) is 8.39. The molecule has 64 valence electrons. The van der Waals surface area contributed by atoms with Crippen LogP contribution in [-0.4, -0.2) is 18.5 Å². The van der Waals surface area contributed by atoms with E-state index in [1.165, 1.54) is 9.37 Å². The largest absolute Gasteiger partial charge is 0.372 e. The van der Waals surface area contributed by atoms with Crippen LogP contribution in [0.15, 0.2) is 33.6 Å². The van der Waals surface area contributed by atoms with Gasteiger partial charge in [-0.2, -0.15) is 0 Å². The summed E-state index contributed by atoms with van der Waals surface area (Å²) in [6, 6.07) is 8.27. The smallest absolute Gasteiger partial charge is 0.0903 e. The quantitative estimate of drug-likeness (QED) is 0.599.